The number of nitrogens with zero attached hydrogens (tertiary/aromatic N) is 1. The highest BCUT2D eigenvalue weighted by Gasteiger charge is 2.12. The van der Waals surface area contributed by atoms with Crippen LogP contribution in [0.4, 0.5) is 0 Å². The highest BCUT2D eigenvalue weighted by Crippen LogP contribution is 2.20. The Hall–Kier alpha value is -2.80. The van der Waals surface area contributed by atoms with Crippen LogP contribution in [0, 0.1) is 11.3 Å². The Morgan fingerprint density at radius 3 is 2.43 bits per heavy atom. The van der Waals surface area contributed by atoms with Crippen LogP contribution < -0.4 is 10.1 Å². The smallest absolute Gasteiger partial charge is 0.251 e. The van der Waals surface area contributed by atoms with Gasteiger partial charge in [-0.25, -0.2) is 0 Å². The zero-order valence-corrected chi connectivity index (χ0v) is 13.5. The summed E-state index contributed by atoms with van der Waals surface area (Å²) < 4.78 is 5.68. The third kappa shape index (κ3) is 4.58. The van der Waals surface area contributed by atoms with Gasteiger partial charge in [0.2, 0.25) is 0 Å². The third-order valence-corrected chi connectivity index (χ3v) is 3.35. The van der Waals surface area contributed by atoms with Gasteiger partial charge in [-0.2, -0.15) is 5.26 Å². The molecule has 4 heteroatoms. The number of rotatable bonds is 5. The molecule has 0 bridgehead atoms. The molecule has 0 aliphatic carbocycles. The monoisotopic (exact) mass is 308 g/mol. The second kappa shape index (κ2) is 7.46. The van der Waals surface area contributed by atoms with Gasteiger partial charge in [0.15, 0.2) is 0 Å². The van der Waals surface area contributed by atoms with Gasteiger partial charge in [0.05, 0.1) is 23.8 Å². The minimum absolute atomic E-state index is 0.105. The molecule has 0 aliphatic heterocycles. The van der Waals surface area contributed by atoms with E-state index >= 15 is 0 Å². The van der Waals surface area contributed by atoms with Gasteiger partial charge in [-0.1, -0.05) is 12.1 Å². The second-order valence-electron chi connectivity index (χ2n) is 5.62. The quantitative estimate of drug-likeness (QED) is 0.913. The van der Waals surface area contributed by atoms with Crippen molar-refractivity contribution >= 4 is 5.91 Å². The maximum atomic E-state index is 12.3. The van der Waals surface area contributed by atoms with Crippen LogP contribution in [0.15, 0.2) is 48.5 Å². The molecule has 0 saturated carbocycles. The highest BCUT2D eigenvalue weighted by atomic mass is 16.5. The molecule has 0 fully saturated rings. The first kappa shape index (κ1) is 16.6. The number of amides is 1. The van der Waals surface area contributed by atoms with Gasteiger partial charge in [-0.05, 0) is 62.7 Å². The zero-order chi connectivity index (χ0) is 16.8. The predicted molar refractivity (Wildman–Crippen MR) is 89.2 cm³/mol. The maximum Gasteiger partial charge on any atom is 0.251 e. The number of carbonyl (C=O) groups excluding carboxylic acids is 1. The van der Waals surface area contributed by atoms with Gasteiger partial charge in [-0.3, -0.25) is 4.79 Å². The van der Waals surface area contributed by atoms with Crippen molar-refractivity contribution in [3.05, 3.63) is 65.2 Å². The van der Waals surface area contributed by atoms with Crippen LogP contribution in [-0.2, 0) is 0 Å². The molecule has 0 aliphatic rings. The number of carbonyl (C=O) groups is 1. The fourth-order valence-electron chi connectivity index (χ4n) is 2.19. The Bertz CT molecular complexity index is 715. The largest absolute Gasteiger partial charge is 0.491 e. The van der Waals surface area contributed by atoms with Crippen molar-refractivity contribution in [1.29, 1.82) is 5.26 Å². The van der Waals surface area contributed by atoms with E-state index in [0.29, 0.717) is 11.1 Å². The Kier molecular flexibility index (Phi) is 5.37. The van der Waals surface area contributed by atoms with E-state index in [4.69, 9.17) is 10.00 Å². The average molecular weight is 308 g/mol. The molecule has 4 nitrogen and oxygen atoms in total. The first-order valence-electron chi connectivity index (χ1n) is 7.57. The molecule has 1 atom stereocenters. The molecule has 0 spiro atoms. The lowest BCUT2D eigenvalue weighted by Crippen LogP contribution is -2.26. The second-order valence-corrected chi connectivity index (χ2v) is 5.62. The SMILES string of the molecule is CC(C)Oc1cccc(C(C)NC(=O)c2ccc(C#N)cc2)c1. The molecule has 0 saturated heterocycles. The average Bonchev–Trinajstić information content (AvgIpc) is 2.54. The first-order valence-corrected chi connectivity index (χ1v) is 7.57. The Labute approximate surface area is 136 Å². The van der Waals surface area contributed by atoms with Crippen molar-refractivity contribution in [2.24, 2.45) is 0 Å². The number of nitriles is 1. The van der Waals surface area contributed by atoms with E-state index in [2.05, 4.69) is 5.32 Å². The van der Waals surface area contributed by atoms with Crippen LogP contribution in [-0.4, -0.2) is 12.0 Å². The summed E-state index contributed by atoms with van der Waals surface area (Å²) in [6.07, 6.45) is 0.105. The van der Waals surface area contributed by atoms with Crippen molar-refractivity contribution in [3.63, 3.8) is 0 Å². The molecule has 1 amide bonds. The lowest BCUT2D eigenvalue weighted by Gasteiger charge is -2.16. The normalized spacial score (nSPS) is 11.6. The minimum atomic E-state index is -0.169. The highest BCUT2D eigenvalue weighted by molar-refractivity contribution is 5.94. The molecule has 0 radical (unpaired) electrons. The van der Waals surface area contributed by atoms with E-state index in [1.807, 2.05) is 51.1 Å². The van der Waals surface area contributed by atoms with Crippen LogP contribution in [0.2, 0.25) is 0 Å². The van der Waals surface area contributed by atoms with Gasteiger partial charge in [-0.15, -0.1) is 0 Å². The molecule has 1 N–H and O–H groups in total. The topological polar surface area (TPSA) is 62.1 Å². The Morgan fingerprint density at radius 2 is 1.83 bits per heavy atom. The summed E-state index contributed by atoms with van der Waals surface area (Å²) in [4.78, 5) is 12.3. The van der Waals surface area contributed by atoms with Crippen LogP contribution in [0.25, 0.3) is 0 Å². The van der Waals surface area contributed by atoms with Gasteiger partial charge < -0.3 is 10.1 Å². The summed E-state index contributed by atoms with van der Waals surface area (Å²) in [7, 11) is 0. The minimum Gasteiger partial charge on any atom is -0.491 e. The number of nitrogens with one attached hydrogen (secondary N) is 1. The summed E-state index contributed by atoms with van der Waals surface area (Å²) in [6.45, 7) is 5.88. The number of benzene rings is 2. The van der Waals surface area contributed by atoms with Crippen LogP contribution in [0.5, 0.6) is 5.75 Å². The molecular weight excluding hydrogens is 288 g/mol. The number of ether oxygens (including phenoxy) is 1. The van der Waals surface area contributed by atoms with Crippen LogP contribution >= 0.6 is 0 Å². The van der Waals surface area contributed by atoms with Gasteiger partial charge in [0.25, 0.3) is 5.91 Å². The lowest BCUT2D eigenvalue weighted by atomic mass is 10.1. The molecule has 2 rings (SSSR count). The van der Waals surface area contributed by atoms with Crippen molar-refractivity contribution in [3.8, 4) is 11.8 Å². The summed E-state index contributed by atoms with van der Waals surface area (Å²) in [6, 6.07) is 16.2. The van der Waals surface area contributed by atoms with E-state index in [1.165, 1.54) is 0 Å². The molecule has 0 aromatic heterocycles. The van der Waals surface area contributed by atoms with Gasteiger partial charge in [0, 0.05) is 5.56 Å². The van der Waals surface area contributed by atoms with E-state index in [-0.39, 0.29) is 18.1 Å². The van der Waals surface area contributed by atoms with Gasteiger partial charge in [0.1, 0.15) is 5.75 Å². The maximum absolute atomic E-state index is 12.3. The van der Waals surface area contributed by atoms with Crippen molar-refractivity contribution in [2.75, 3.05) is 0 Å². The molecule has 2 aromatic rings. The van der Waals surface area contributed by atoms with E-state index in [0.717, 1.165) is 11.3 Å². The van der Waals surface area contributed by atoms with E-state index in [1.54, 1.807) is 24.3 Å². The predicted octanol–water partition coefficient (Wildman–Crippen LogP) is 3.84. The number of hydrogen-bond donors (Lipinski definition) is 1. The summed E-state index contributed by atoms with van der Waals surface area (Å²) >= 11 is 0. The fraction of sp³-hybridized carbons (Fsp3) is 0.263. The standard InChI is InChI=1S/C19H20N2O2/c1-13(2)23-18-6-4-5-17(11-18)14(3)21-19(22)16-9-7-15(12-20)8-10-16/h4-11,13-14H,1-3H3,(H,21,22). The van der Waals surface area contributed by atoms with Crippen molar-refractivity contribution in [2.45, 2.75) is 32.9 Å². The Balaban J connectivity index is 2.07. The molecular formula is C19H20N2O2. The van der Waals surface area contributed by atoms with Crippen molar-refractivity contribution < 1.29 is 9.53 Å². The van der Waals surface area contributed by atoms with Crippen LogP contribution in [0.3, 0.4) is 0 Å². The lowest BCUT2D eigenvalue weighted by molar-refractivity contribution is 0.0939. The summed E-state index contributed by atoms with van der Waals surface area (Å²) in [5.41, 5.74) is 2.05. The van der Waals surface area contributed by atoms with E-state index < -0.39 is 0 Å². The van der Waals surface area contributed by atoms with E-state index in [9.17, 15) is 4.79 Å². The van der Waals surface area contributed by atoms with Gasteiger partial charge >= 0.3 is 0 Å². The zero-order valence-electron chi connectivity index (χ0n) is 13.5. The molecule has 118 valence electrons. The van der Waals surface area contributed by atoms with Crippen molar-refractivity contribution in [1.82, 2.24) is 5.32 Å². The first-order chi connectivity index (χ1) is 11.0. The molecule has 1 unspecified atom stereocenters. The number of hydrogen-bond acceptors (Lipinski definition) is 3. The Morgan fingerprint density at radius 1 is 1.13 bits per heavy atom. The van der Waals surface area contributed by atoms with Crippen LogP contribution in [0.1, 0.15) is 48.3 Å². The third-order valence-electron chi connectivity index (χ3n) is 3.35. The summed E-state index contributed by atoms with van der Waals surface area (Å²) in [5.74, 6) is 0.620. The molecule has 2 aromatic carbocycles. The molecule has 0 heterocycles. The summed E-state index contributed by atoms with van der Waals surface area (Å²) in [5, 5.41) is 11.7. The fourth-order valence-corrected chi connectivity index (χ4v) is 2.19. The molecule has 23 heavy (non-hydrogen) atoms.